The van der Waals surface area contributed by atoms with E-state index in [0.717, 1.165) is 51.7 Å². The summed E-state index contributed by atoms with van der Waals surface area (Å²) in [6.45, 7) is 7.32. The second-order valence-corrected chi connectivity index (χ2v) is 6.30. The van der Waals surface area contributed by atoms with Crippen molar-refractivity contribution >= 4 is 11.6 Å². The van der Waals surface area contributed by atoms with Crippen LogP contribution >= 0.6 is 0 Å². The zero-order chi connectivity index (χ0) is 14.8. The monoisotopic (exact) mass is 286 g/mol. The molecule has 1 N–H and O–H groups in total. The lowest BCUT2D eigenvalue weighted by Crippen LogP contribution is -2.36. The molecule has 0 fully saturated rings. The fourth-order valence-electron chi connectivity index (χ4n) is 3.83. The van der Waals surface area contributed by atoms with Crippen LogP contribution in [0.1, 0.15) is 48.4 Å². The molecule has 0 unspecified atom stereocenters. The van der Waals surface area contributed by atoms with E-state index < -0.39 is 0 Å². The van der Waals surface area contributed by atoms with E-state index in [2.05, 4.69) is 30.1 Å². The maximum atomic E-state index is 12.5. The molecule has 3 rings (SSSR count). The summed E-state index contributed by atoms with van der Waals surface area (Å²) in [6.07, 6.45) is 6.01. The summed E-state index contributed by atoms with van der Waals surface area (Å²) in [4.78, 5) is 14.5. The van der Waals surface area contributed by atoms with E-state index in [1.807, 2.05) is 0 Å². The van der Waals surface area contributed by atoms with Crippen LogP contribution in [0.25, 0.3) is 0 Å². The van der Waals surface area contributed by atoms with E-state index >= 15 is 0 Å². The molecule has 1 aromatic rings. The van der Waals surface area contributed by atoms with Gasteiger partial charge in [-0.05, 0) is 74.4 Å². The largest absolute Gasteiger partial charge is 0.316 e. The van der Waals surface area contributed by atoms with Gasteiger partial charge in [0.15, 0.2) is 0 Å². The fraction of sp³-hybridized carbons (Fsp3) is 0.611. The maximum absolute atomic E-state index is 12.5. The van der Waals surface area contributed by atoms with Crippen molar-refractivity contribution < 1.29 is 4.79 Å². The topological polar surface area (TPSA) is 32.3 Å². The minimum atomic E-state index is 0.299. The molecule has 0 aliphatic carbocycles. The molecule has 1 aromatic carbocycles. The molecule has 0 atom stereocenters. The third kappa shape index (κ3) is 2.71. The molecule has 0 spiro atoms. The number of carbonyl (C=O) groups excluding carboxylic acids is 1. The number of carbonyl (C=O) groups is 1. The number of nitrogens with zero attached hydrogens (tertiary/aromatic N) is 1. The van der Waals surface area contributed by atoms with Gasteiger partial charge in [0.05, 0.1) is 0 Å². The lowest BCUT2D eigenvalue weighted by Gasteiger charge is -2.33. The van der Waals surface area contributed by atoms with Crippen molar-refractivity contribution in [2.45, 2.75) is 52.4 Å². The van der Waals surface area contributed by atoms with Crippen LogP contribution < -0.4 is 10.2 Å². The Morgan fingerprint density at radius 1 is 1.24 bits per heavy atom. The summed E-state index contributed by atoms with van der Waals surface area (Å²) < 4.78 is 0. The van der Waals surface area contributed by atoms with Gasteiger partial charge in [-0.25, -0.2) is 0 Å². The average Bonchev–Trinajstić information content (AvgIpc) is 2.72. The Kier molecular flexibility index (Phi) is 4.29. The molecule has 21 heavy (non-hydrogen) atoms. The first kappa shape index (κ1) is 14.6. The third-order valence-electron chi connectivity index (χ3n) is 4.83. The van der Waals surface area contributed by atoms with Gasteiger partial charge in [0.25, 0.3) is 0 Å². The first-order valence-electron chi connectivity index (χ1n) is 8.37. The van der Waals surface area contributed by atoms with E-state index in [4.69, 9.17) is 0 Å². The summed E-state index contributed by atoms with van der Waals surface area (Å²) in [5.41, 5.74) is 6.97. The van der Waals surface area contributed by atoms with Crippen LogP contribution in [0.15, 0.2) is 6.07 Å². The molecule has 2 aliphatic heterocycles. The number of nitrogens with one attached hydrogen (secondary N) is 1. The highest BCUT2D eigenvalue weighted by Crippen LogP contribution is 2.36. The molecule has 3 nitrogen and oxygen atoms in total. The second-order valence-electron chi connectivity index (χ2n) is 6.30. The predicted octanol–water partition coefficient (Wildman–Crippen LogP) is 2.76. The van der Waals surface area contributed by atoms with Gasteiger partial charge in [0, 0.05) is 18.7 Å². The molecule has 3 heteroatoms. The number of hydrogen-bond donors (Lipinski definition) is 1. The van der Waals surface area contributed by atoms with Crippen molar-refractivity contribution in [1.82, 2.24) is 5.32 Å². The van der Waals surface area contributed by atoms with Gasteiger partial charge in [-0.2, -0.15) is 0 Å². The van der Waals surface area contributed by atoms with Gasteiger partial charge in [0.2, 0.25) is 5.91 Å². The molecule has 2 aliphatic rings. The quantitative estimate of drug-likeness (QED) is 0.906. The molecule has 2 heterocycles. The summed E-state index contributed by atoms with van der Waals surface area (Å²) in [7, 11) is 0. The minimum absolute atomic E-state index is 0.299. The molecular formula is C18H26N2O. The van der Waals surface area contributed by atoms with Gasteiger partial charge in [-0.1, -0.05) is 13.0 Å². The highest BCUT2D eigenvalue weighted by atomic mass is 16.2. The maximum Gasteiger partial charge on any atom is 0.226 e. The van der Waals surface area contributed by atoms with E-state index in [1.165, 1.54) is 27.9 Å². The van der Waals surface area contributed by atoms with Gasteiger partial charge in [0.1, 0.15) is 0 Å². The molecule has 114 valence electrons. The lowest BCUT2D eigenvalue weighted by atomic mass is 9.88. The lowest BCUT2D eigenvalue weighted by molar-refractivity contribution is -0.118. The third-order valence-corrected chi connectivity index (χ3v) is 4.83. The smallest absolute Gasteiger partial charge is 0.226 e. The molecule has 0 radical (unpaired) electrons. The fourth-order valence-corrected chi connectivity index (χ4v) is 3.83. The Morgan fingerprint density at radius 3 is 2.86 bits per heavy atom. The summed E-state index contributed by atoms with van der Waals surface area (Å²) in [5.74, 6) is 0.299. The number of hydrogen-bond acceptors (Lipinski definition) is 2. The molecule has 0 saturated carbocycles. The summed E-state index contributed by atoms with van der Waals surface area (Å²) >= 11 is 0. The number of rotatable bonds is 2. The Balaban J connectivity index is 2.05. The number of aryl methyl sites for hydroxylation is 1. The number of anilines is 1. The average molecular weight is 286 g/mol. The van der Waals surface area contributed by atoms with Crippen LogP contribution in [0.4, 0.5) is 5.69 Å². The van der Waals surface area contributed by atoms with Crippen molar-refractivity contribution in [3.63, 3.8) is 0 Å². The Labute approximate surface area is 127 Å². The molecule has 0 aromatic heterocycles. The Bertz CT molecular complexity index is 551. The van der Waals surface area contributed by atoms with E-state index in [9.17, 15) is 4.79 Å². The highest BCUT2D eigenvalue weighted by Gasteiger charge is 2.26. The first-order chi connectivity index (χ1) is 10.2. The predicted molar refractivity (Wildman–Crippen MR) is 87.0 cm³/mol. The zero-order valence-electron chi connectivity index (χ0n) is 13.3. The highest BCUT2D eigenvalue weighted by molar-refractivity contribution is 5.95. The van der Waals surface area contributed by atoms with Crippen LogP contribution in [0.3, 0.4) is 0 Å². The molecular weight excluding hydrogens is 260 g/mol. The van der Waals surface area contributed by atoms with Crippen molar-refractivity contribution in [2.24, 2.45) is 0 Å². The van der Waals surface area contributed by atoms with Crippen LogP contribution in [-0.4, -0.2) is 25.5 Å². The van der Waals surface area contributed by atoms with E-state index in [1.54, 1.807) is 0 Å². The zero-order valence-corrected chi connectivity index (χ0v) is 13.3. The van der Waals surface area contributed by atoms with Crippen LogP contribution in [0.2, 0.25) is 0 Å². The van der Waals surface area contributed by atoms with E-state index in [-0.39, 0.29) is 0 Å². The molecule has 0 saturated heterocycles. The SMILES string of the molecule is CCCC(=O)N1CCCc2cc3c(c(C)c21)CCNCC3. The normalized spacial score (nSPS) is 17.9. The standard InChI is InChI=1S/C18H26N2O/c1-3-5-17(21)20-11-4-6-15-12-14-7-9-19-10-8-16(14)13(2)18(15)20/h12,19H,3-11H2,1-2H3. The number of amides is 1. The van der Waals surface area contributed by atoms with Gasteiger partial charge >= 0.3 is 0 Å². The Hall–Kier alpha value is -1.35. The summed E-state index contributed by atoms with van der Waals surface area (Å²) in [6, 6.07) is 2.38. The number of benzene rings is 1. The second kappa shape index (κ2) is 6.18. The van der Waals surface area contributed by atoms with Crippen molar-refractivity contribution in [3.8, 4) is 0 Å². The molecule has 1 amide bonds. The van der Waals surface area contributed by atoms with Crippen molar-refractivity contribution in [3.05, 3.63) is 28.3 Å². The van der Waals surface area contributed by atoms with Crippen LogP contribution in [0.5, 0.6) is 0 Å². The van der Waals surface area contributed by atoms with Crippen molar-refractivity contribution in [2.75, 3.05) is 24.5 Å². The Morgan fingerprint density at radius 2 is 2.05 bits per heavy atom. The van der Waals surface area contributed by atoms with Crippen molar-refractivity contribution in [1.29, 1.82) is 0 Å². The summed E-state index contributed by atoms with van der Waals surface area (Å²) in [5, 5.41) is 3.49. The van der Waals surface area contributed by atoms with Crippen LogP contribution in [-0.2, 0) is 24.1 Å². The van der Waals surface area contributed by atoms with Crippen LogP contribution in [0, 0.1) is 6.92 Å². The van der Waals surface area contributed by atoms with Gasteiger partial charge < -0.3 is 10.2 Å². The first-order valence-corrected chi connectivity index (χ1v) is 8.37. The van der Waals surface area contributed by atoms with Gasteiger partial charge in [-0.3, -0.25) is 4.79 Å². The van der Waals surface area contributed by atoms with E-state index in [0.29, 0.717) is 12.3 Å². The molecule has 0 bridgehead atoms. The minimum Gasteiger partial charge on any atom is -0.316 e. The number of fused-ring (bicyclic) bond motifs is 2. The van der Waals surface area contributed by atoms with Gasteiger partial charge in [-0.15, -0.1) is 0 Å².